The van der Waals surface area contributed by atoms with Crippen molar-refractivity contribution in [1.82, 2.24) is 9.55 Å². The number of para-hydroxylation sites is 3. The first kappa shape index (κ1) is 17.3. The number of benzene rings is 3. The molecule has 1 aliphatic heterocycles. The summed E-state index contributed by atoms with van der Waals surface area (Å²) in [6.07, 6.45) is 0. The van der Waals surface area contributed by atoms with Gasteiger partial charge in [0.25, 0.3) is 5.91 Å². The number of nitrogens with one attached hydrogen (secondary N) is 2. The molecule has 3 aromatic carbocycles. The zero-order valence-corrected chi connectivity index (χ0v) is 16.0. The lowest BCUT2D eigenvalue weighted by Crippen LogP contribution is -2.30. The lowest BCUT2D eigenvalue weighted by atomic mass is 9.94. The zero-order valence-electron chi connectivity index (χ0n) is 16.0. The van der Waals surface area contributed by atoms with Gasteiger partial charge in [-0.2, -0.15) is 0 Å². The maximum Gasteiger partial charge on any atom is 0.255 e. The molecule has 1 aromatic heterocycles. The van der Waals surface area contributed by atoms with Crippen molar-refractivity contribution in [1.29, 1.82) is 0 Å². The average Bonchev–Trinajstić information content (AvgIpc) is 3.12. The van der Waals surface area contributed by atoms with E-state index in [1.54, 1.807) is 0 Å². The van der Waals surface area contributed by atoms with Gasteiger partial charge in [-0.05, 0) is 36.8 Å². The van der Waals surface area contributed by atoms with Gasteiger partial charge in [0.2, 0.25) is 5.95 Å². The van der Waals surface area contributed by atoms with Gasteiger partial charge in [0.1, 0.15) is 0 Å². The Morgan fingerprint density at radius 1 is 0.931 bits per heavy atom. The van der Waals surface area contributed by atoms with Crippen molar-refractivity contribution in [2.75, 3.05) is 10.6 Å². The van der Waals surface area contributed by atoms with Crippen molar-refractivity contribution < 1.29 is 4.79 Å². The Balaban J connectivity index is 1.67. The summed E-state index contributed by atoms with van der Waals surface area (Å²) in [6, 6.07) is 27.3. The largest absolute Gasteiger partial charge is 0.329 e. The Hall–Kier alpha value is -3.86. The Morgan fingerprint density at radius 3 is 2.34 bits per heavy atom. The number of amides is 1. The predicted octanol–water partition coefficient (Wildman–Crippen LogP) is 4.96. The molecule has 1 aliphatic rings. The normalized spacial score (nSPS) is 15.7. The number of carbonyl (C=O) groups is 1. The van der Waals surface area contributed by atoms with Crippen LogP contribution >= 0.6 is 0 Å². The minimum Gasteiger partial charge on any atom is -0.329 e. The fourth-order valence-electron chi connectivity index (χ4n) is 3.93. The molecule has 2 N–H and O–H groups in total. The number of anilines is 2. The van der Waals surface area contributed by atoms with Crippen molar-refractivity contribution in [2.24, 2.45) is 0 Å². The second kappa shape index (κ2) is 6.95. The Labute approximate surface area is 168 Å². The van der Waals surface area contributed by atoms with E-state index in [4.69, 9.17) is 4.98 Å². The van der Waals surface area contributed by atoms with Gasteiger partial charge < -0.3 is 10.6 Å². The van der Waals surface area contributed by atoms with Gasteiger partial charge in [-0.25, -0.2) is 4.98 Å². The third-order valence-electron chi connectivity index (χ3n) is 5.22. The average molecular weight is 380 g/mol. The van der Waals surface area contributed by atoms with E-state index in [-0.39, 0.29) is 11.9 Å². The monoisotopic (exact) mass is 380 g/mol. The highest BCUT2D eigenvalue weighted by Gasteiger charge is 2.33. The van der Waals surface area contributed by atoms with Gasteiger partial charge >= 0.3 is 0 Å². The molecule has 1 unspecified atom stereocenters. The first-order chi connectivity index (χ1) is 14.2. The molecule has 2 heterocycles. The molecule has 29 heavy (non-hydrogen) atoms. The van der Waals surface area contributed by atoms with Crippen LogP contribution in [0.4, 0.5) is 11.6 Å². The summed E-state index contributed by atoms with van der Waals surface area (Å²) in [5.74, 6) is 0.618. The molecular weight excluding hydrogens is 360 g/mol. The van der Waals surface area contributed by atoms with Crippen LogP contribution in [0.5, 0.6) is 0 Å². The zero-order chi connectivity index (χ0) is 19.8. The van der Waals surface area contributed by atoms with E-state index in [2.05, 4.69) is 27.3 Å². The Kier molecular flexibility index (Phi) is 4.13. The van der Waals surface area contributed by atoms with Gasteiger partial charge in [0, 0.05) is 11.4 Å². The van der Waals surface area contributed by atoms with Crippen LogP contribution in [-0.2, 0) is 4.79 Å². The summed E-state index contributed by atoms with van der Waals surface area (Å²) in [6.45, 7) is 1.93. The van der Waals surface area contributed by atoms with E-state index >= 15 is 0 Å². The molecule has 4 aromatic rings. The first-order valence-electron chi connectivity index (χ1n) is 9.58. The minimum atomic E-state index is -0.274. The molecule has 0 aliphatic carbocycles. The van der Waals surface area contributed by atoms with Crippen LogP contribution in [0.25, 0.3) is 11.0 Å². The number of aromatic nitrogens is 2. The summed E-state index contributed by atoms with van der Waals surface area (Å²) in [7, 11) is 0. The number of imidazole rings is 1. The van der Waals surface area contributed by atoms with Crippen LogP contribution in [0.3, 0.4) is 0 Å². The molecule has 5 heteroatoms. The van der Waals surface area contributed by atoms with E-state index in [1.807, 2.05) is 79.7 Å². The standard InChI is InChI=1S/C24H20N4O/c1-16-21(23(29)26-18-12-6-3-7-13-18)22(17-10-4-2-5-11-17)28-20-15-9-8-14-19(20)27-24(28)25-16/h2-15,22H,1H3,(H,25,27)(H,26,29). The van der Waals surface area contributed by atoms with Crippen LogP contribution in [-0.4, -0.2) is 15.5 Å². The third kappa shape index (κ3) is 2.97. The van der Waals surface area contributed by atoms with Gasteiger partial charge in [-0.3, -0.25) is 9.36 Å². The van der Waals surface area contributed by atoms with E-state index < -0.39 is 0 Å². The van der Waals surface area contributed by atoms with Crippen molar-refractivity contribution in [3.63, 3.8) is 0 Å². The highest BCUT2D eigenvalue weighted by atomic mass is 16.1. The molecule has 5 nitrogen and oxygen atoms in total. The van der Waals surface area contributed by atoms with Gasteiger partial charge in [0.05, 0.1) is 22.6 Å². The van der Waals surface area contributed by atoms with Crippen LogP contribution in [0, 0.1) is 0 Å². The second-order valence-electron chi connectivity index (χ2n) is 7.09. The highest BCUT2D eigenvalue weighted by molar-refractivity contribution is 6.06. The fourth-order valence-corrected chi connectivity index (χ4v) is 3.93. The Morgan fingerprint density at radius 2 is 1.59 bits per heavy atom. The molecule has 142 valence electrons. The van der Waals surface area contributed by atoms with Gasteiger partial charge in [0.15, 0.2) is 0 Å². The number of hydrogen-bond donors (Lipinski definition) is 2. The van der Waals surface area contributed by atoms with Crippen molar-refractivity contribution >= 4 is 28.6 Å². The molecule has 0 saturated heterocycles. The topological polar surface area (TPSA) is 59.0 Å². The Bertz CT molecular complexity index is 1230. The van der Waals surface area contributed by atoms with Crippen LogP contribution in [0.15, 0.2) is 96.2 Å². The maximum atomic E-state index is 13.4. The van der Waals surface area contributed by atoms with Crippen molar-refractivity contribution in [3.8, 4) is 0 Å². The molecular formula is C24H20N4O. The molecule has 1 amide bonds. The van der Waals surface area contributed by atoms with Crippen LogP contribution in [0.1, 0.15) is 18.5 Å². The fraction of sp³-hybridized carbons (Fsp3) is 0.0833. The second-order valence-corrected chi connectivity index (χ2v) is 7.09. The number of rotatable bonds is 3. The summed E-state index contributed by atoms with van der Waals surface area (Å²) < 4.78 is 2.11. The van der Waals surface area contributed by atoms with Crippen LogP contribution < -0.4 is 10.6 Å². The number of carbonyl (C=O) groups excluding carboxylic acids is 1. The smallest absolute Gasteiger partial charge is 0.255 e. The lowest BCUT2D eigenvalue weighted by Gasteiger charge is -2.30. The summed E-state index contributed by atoms with van der Waals surface area (Å²) in [5.41, 5.74) is 5.17. The highest BCUT2D eigenvalue weighted by Crippen LogP contribution is 2.39. The summed E-state index contributed by atoms with van der Waals surface area (Å²) in [4.78, 5) is 18.1. The molecule has 0 fully saturated rings. The van der Waals surface area contributed by atoms with Gasteiger partial charge in [-0.15, -0.1) is 0 Å². The third-order valence-corrected chi connectivity index (χ3v) is 5.22. The maximum absolute atomic E-state index is 13.4. The van der Waals surface area contributed by atoms with E-state index in [9.17, 15) is 4.79 Å². The van der Waals surface area contributed by atoms with E-state index in [0.717, 1.165) is 33.9 Å². The van der Waals surface area contributed by atoms with E-state index in [1.165, 1.54) is 0 Å². The number of allylic oxidation sites excluding steroid dienone is 1. The quantitative estimate of drug-likeness (QED) is 0.528. The molecule has 0 spiro atoms. The summed E-state index contributed by atoms with van der Waals surface area (Å²) in [5, 5.41) is 6.38. The van der Waals surface area contributed by atoms with E-state index in [0.29, 0.717) is 5.57 Å². The molecule has 1 atom stereocenters. The molecule has 0 bridgehead atoms. The predicted molar refractivity (Wildman–Crippen MR) is 116 cm³/mol. The van der Waals surface area contributed by atoms with Crippen LogP contribution in [0.2, 0.25) is 0 Å². The molecule has 5 rings (SSSR count). The van der Waals surface area contributed by atoms with Crippen molar-refractivity contribution in [3.05, 3.63) is 102 Å². The number of fused-ring (bicyclic) bond motifs is 3. The first-order valence-corrected chi connectivity index (χ1v) is 9.58. The minimum absolute atomic E-state index is 0.126. The molecule has 0 radical (unpaired) electrons. The lowest BCUT2D eigenvalue weighted by molar-refractivity contribution is -0.113. The van der Waals surface area contributed by atoms with Crippen molar-refractivity contribution in [2.45, 2.75) is 13.0 Å². The number of hydrogen-bond acceptors (Lipinski definition) is 3. The number of nitrogens with zero attached hydrogens (tertiary/aromatic N) is 2. The SMILES string of the molecule is CC1=C(C(=O)Nc2ccccc2)C(c2ccccc2)n2c(nc3ccccc32)N1. The van der Waals surface area contributed by atoms with Gasteiger partial charge in [-0.1, -0.05) is 60.7 Å². The molecule has 0 saturated carbocycles. The summed E-state index contributed by atoms with van der Waals surface area (Å²) >= 11 is 0.